The van der Waals surface area contributed by atoms with E-state index in [0.717, 1.165) is 45.1 Å². The van der Waals surface area contributed by atoms with Crippen molar-refractivity contribution in [3.63, 3.8) is 0 Å². The van der Waals surface area contributed by atoms with Gasteiger partial charge in [-0.2, -0.15) is 0 Å². The largest absolute Gasteiger partial charge is 0.380 e. The van der Waals surface area contributed by atoms with Gasteiger partial charge in [-0.1, -0.05) is 27.7 Å². The molecule has 0 amide bonds. The lowest BCUT2D eigenvalue weighted by atomic mass is 10.1. The van der Waals surface area contributed by atoms with Crippen molar-refractivity contribution in [1.82, 2.24) is 5.32 Å². The van der Waals surface area contributed by atoms with Crippen LogP contribution in [0.1, 0.15) is 40.5 Å². The number of alkyl halides is 1. The second kappa shape index (κ2) is 10.4. The fourth-order valence-electron chi connectivity index (χ4n) is 1.42. The lowest BCUT2D eigenvalue weighted by Crippen LogP contribution is -2.27. The molecule has 0 bridgehead atoms. The summed E-state index contributed by atoms with van der Waals surface area (Å²) in [5.74, 6) is 1.40. The van der Waals surface area contributed by atoms with E-state index in [9.17, 15) is 0 Å². The molecule has 0 fully saturated rings. The summed E-state index contributed by atoms with van der Waals surface area (Å²) < 4.78 is 5.50. The van der Waals surface area contributed by atoms with Gasteiger partial charge in [-0.15, -0.1) is 11.6 Å². The zero-order chi connectivity index (χ0) is 12.4. The summed E-state index contributed by atoms with van der Waals surface area (Å²) >= 11 is 6.15. The van der Waals surface area contributed by atoms with E-state index < -0.39 is 0 Å². The van der Waals surface area contributed by atoms with Crippen LogP contribution in [-0.2, 0) is 4.74 Å². The van der Waals surface area contributed by atoms with Crippen molar-refractivity contribution in [2.45, 2.75) is 45.9 Å². The molecule has 0 aliphatic heterocycles. The third kappa shape index (κ3) is 12.3. The average molecular weight is 250 g/mol. The van der Waals surface area contributed by atoms with E-state index >= 15 is 0 Å². The van der Waals surface area contributed by atoms with Crippen molar-refractivity contribution >= 4 is 11.6 Å². The number of rotatable bonds is 10. The molecule has 0 aromatic heterocycles. The number of hydrogen-bond donors (Lipinski definition) is 1. The van der Waals surface area contributed by atoms with E-state index in [2.05, 4.69) is 33.0 Å². The second-order valence-electron chi connectivity index (χ2n) is 5.23. The maximum absolute atomic E-state index is 6.15. The maximum Gasteiger partial charge on any atom is 0.0590 e. The molecule has 98 valence electrons. The van der Waals surface area contributed by atoms with E-state index in [0.29, 0.717) is 5.92 Å². The summed E-state index contributed by atoms with van der Waals surface area (Å²) in [5, 5.41) is 3.57. The van der Waals surface area contributed by atoms with Crippen LogP contribution in [0.3, 0.4) is 0 Å². The number of nitrogens with one attached hydrogen (secondary N) is 1. The van der Waals surface area contributed by atoms with Gasteiger partial charge in [-0.25, -0.2) is 0 Å². The van der Waals surface area contributed by atoms with Crippen LogP contribution in [0, 0.1) is 11.8 Å². The quantitative estimate of drug-likeness (QED) is 0.474. The molecular weight excluding hydrogens is 222 g/mol. The molecule has 2 nitrogen and oxygen atoms in total. The molecule has 0 aliphatic rings. The molecular formula is C13H28ClNO. The highest BCUT2D eigenvalue weighted by Gasteiger charge is 2.05. The summed E-state index contributed by atoms with van der Waals surface area (Å²) in [4.78, 5) is 0. The van der Waals surface area contributed by atoms with Crippen LogP contribution >= 0.6 is 11.6 Å². The maximum atomic E-state index is 6.15. The molecule has 0 aromatic carbocycles. The predicted octanol–water partition coefficient (Wildman–Crippen LogP) is 3.29. The Kier molecular flexibility index (Phi) is 10.5. The van der Waals surface area contributed by atoms with Crippen molar-refractivity contribution in [3.8, 4) is 0 Å². The Bertz CT molecular complexity index is 151. The zero-order valence-corrected chi connectivity index (χ0v) is 12.0. The fraction of sp³-hybridized carbons (Fsp3) is 1.00. The summed E-state index contributed by atoms with van der Waals surface area (Å²) in [5.41, 5.74) is 0. The SMILES string of the molecule is CC(C)CCOCCNCC(Cl)CC(C)C. The molecule has 16 heavy (non-hydrogen) atoms. The minimum atomic E-state index is 0.246. The van der Waals surface area contributed by atoms with Crippen molar-refractivity contribution in [1.29, 1.82) is 0 Å². The first-order valence-corrected chi connectivity index (χ1v) is 6.88. The Labute approximate surface area is 106 Å². The summed E-state index contributed by atoms with van der Waals surface area (Å²) in [6.45, 7) is 12.3. The second-order valence-corrected chi connectivity index (χ2v) is 5.84. The van der Waals surface area contributed by atoms with Crippen LogP contribution < -0.4 is 5.32 Å². The van der Waals surface area contributed by atoms with E-state index in [4.69, 9.17) is 16.3 Å². The molecule has 1 atom stereocenters. The molecule has 0 rings (SSSR count). The van der Waals surface area contributed by atoms with Crippen molar-refractivity contribution < 1.29 is 4.74 Å². The zero-order valence-electron chi connectivity index (χ0n) is 11.3. The van der Waals surface area contributed by atoms with Gasteiger partial charge in [0.25, 0.3) is 0 Å². The Hall–Kier alpha value is 0.210. The summed E-state index contributed by atoms with van der Waals surface area (Å²) in [6.07, 6.45) is 2.22. The predicted molar refractivity (Wildman–Crippen MR) is 72.2 cm³/mol. The van der Waals surface area contributed by atoms with Gasteiger partial charge in [-0.3, -0.25) is 0 Å². The smallest absolute Gasteiger partial charge is 0.0590 e. The van der Waals surface area contributed by atoms with E-state index in [1.165, 1.54) is 0 Å². The van der Waals surface area contributed by atoms with Gasteiger partial charge in [0.15, 0.2) is 0 Å². The normalized spacial score (nSPS) is 13.7. The van der Waals surface area contributed by atoms with Gasteiger partial charge in [-0.05, 0) is 24.7 Å². The van der Waals surface area contributed by atoms with Crippen LogP contribution in [0.25, 0.3) is 0 Å². The fourth-order valence-corrected chi connectivity index (χ4v) is 1.88. The standard InChI is InChI=1S/C13H28ClNO/c1-11(2)5-7-16-8-6-15-10-13(14)9-12(3)4/h11-13,15H,5-10H2,1-4H3. The monoisotopic (exact) mass is 249 g/mol. The van der Waals surface area contributed by atoms with Crippen LogP contribution in [0.2, 0.25) is 0 Å². The highest BCUT2D eigenvalue weighted by atomic mass is 35.5. The Morgan fingerprint density at radius 1 is 1.06 bits per heavy atom. The molecule has 0 radical (unpaired) electrons. The van der Waals surface area contributed by atoms with Crippen LogP contribution in [0.5, 0.6) is 0 Å². The highest BCUT2D eigenvalue weighted by molar-refractivity contribution is 6.20. The molecule has 0 spiro atoms. The van der Waals surface area contributed by atoms with Gasteiger partial charge in [0.05, 0.1) is 6.61 Å². The topological polar surface area (TPSA) is 21.3 Å². The number of ether oxygens (including phenoxy) is 1. The summed E-state index contributed by atoms with van der Waals surface area (Å²) in [7, 11) is 0. The van der Waals surface area contributed by atoms with Crippen molar-refractivity contribution in [3.05, 3.63) is 0 Å². The average Bonchev–Trinajstić information content (AvgIpc) is 2.14. The van der Waals surface area contributed by atoms with E-state index in [1.54, 1.807) is 0 Å². The van der Waals surface area contributed by atoms with Gasteiger partial charge in [0.2, 0.25) is 0 Å². The molecule has 1 unspecified atom stereocenters. The third-order valence-electron chi connectivity index (χ3n) is 2.36. The molecule has 3 heteroatoms. The first-order valence-electron chi connectivity index (χ1n) is 6.45. The van der Waals surface area contributed by atoms with Crippen LogP contribution in [0.15, 0.2) is 0 Å². The molecule has 0 saturated carbocycles. The van der Waals surface area contributed by atoms with Gasteiger partial charge in [0, 0.05) is 25.1 Å². The lowest BCUT2D eigenvalue weighted by Gasteiger charge is -2.13. The van der Waals surface area contributed by atoms with Gasteiger partial charge in [0.1, 0.15) is 0 Å². The Balaban J connectivity index is 3.14. The molecule has 0 aromatic rings. The first-order chi connectivity index (χ1) is 7.52. The van der Waals surface area contributed by atoms with Crippen molar-refractivity contribution in [2.24, 2.45) is 11.8 Å². The minimum Gasteiger partial charge on any atom is -0.380 e. The van der Waals surface area contributed by atoms with E-state index in [-0.39, 0.29) is 5.38 Å². The number of hydrogen-bond acceptors (Lipinski definition) is 2. The van der Waals surface area contributed by atoms with Crippen LogP contribution in [-0.4, -0.2) is 31.7 Å². The van der Waals surface area contributed by atoms with Gasteiger partial charge >= 0.3 is 0 Å². The first kappa shape index (κ1) is 16.2. The highest BCUT2D eigenvalue weighted by Crippen LogP contribution is 2.09. The Morgan fingerprint density at radius 3 is 2.31 bits per heavy atom. The van der Waals surface area contributed by atoms with Crippen LogP contribution in [0.4, 0.5) is 0 Å². The third-order valence-corrected chi connectivity index (χ3v) is 2.69. The molecule has 0 aliphatic carbocycles. The Morgan fingerprint density at radius 2 is 1.75 bits per heavy atom. The number of halogens is 1. The van der Waals surface area contributed by atoms with Crippen molar-refractivity contribution in [2.75, 3.05) is 26.3 Å². The molecule has 0 saturated heterocycles. The minimum absolute atomic E-state index is 0.246. The molecule has 0 heterocycles. The summed E-state index contributed by atoms with van der Waals surface area (Å²) in [6, 6.07) is 0. The van der Waals surface area contributed by atoms with Gasteiger partial charge < -0.3 is 10.1 Å². The van der Waals surface area contributed by atoms with E-state index in [1.807, 2.05) is 0 Å². The molecule has 1 N–H and O–H groups in total. The lowest BCUT2D eigenvalue weighted by molar-refractivity contribution is 0.125.